The summed E-state index contributed by atoms with van der Waals surface area (Å²) >= 11 is 5.96. The molecular weight excluding hydrogens is 214 g/mol. The molecule has 5 nitrogen and oxygen atoms in total. The van der Waals surface area contributed by atoms with Crippen molar-refractivity contribution in [3.63, 3.8) is 0 Å². The largest absolute Gasteiger partial charge is 0.368 e. The molecule has 0 fully saturated rings. The molecule has 0 aliphatic carbocycles. The average Bonchev–Trinajstić information content (AvgIpc) is 2.48. The average molecular weight is 228 g/mol. The minimum atomic E-state index is -0.169. The lowest BCUT2D eigenvalue weighted by atomic mass is 10.2. The van der Waals surface area contributed by atoms with E-state index in [1.807, 2.05) is 0 Å². The van der Waals surface area contributed by atoms with Gasteiger partial charge in [0.25, 0.3) is 0 Å². The van der Waals surface area contributed by atoms with Crippen LogP contribution in [-0.2, 0) is 0 Å². The van der Waals surface area contributed by atoms with Gasteiger partial charge in [-0.3, -0.25) is 4.99 Å². The molecular formula is C9H14ClN5. The van der Waals surface area contributed by atoms with Crippen LogP contribution in [0, 0.1) is 5.92 Å². The smallest absolute Gasteiger partial charge is 0.218 e. The Kier molecular flexibility index (Phi) is 2.65. The predicted octanol–water partition coefficient (Wildman–Crippen LogP) is 0.647. The summed E-state index contributed by atoms with van der Waals surface area (Å²) in [5, 5.41) is 0.426. The Morgan fingerprint density at radius 2 is 2.33 bits per heavy atom. The highest BCUT2D eigenvalue weighted by atomic mass is 35.5. The van der Waals surface area contributed by atoms with Gasteiger partial charge in [0.05, 0.1) is 6.34 Å². The highest BCUT2D eigenvalue weighted by molar-refractivity contribution is 6.67. The first-order valence-corrected chi connectivity index (χ1v) is 5.32. The zero-order valence-corrected chi connectivity index (χ0v) is 9.52. The molecule has 2 unspecified atom stereocenters. The molecule has 0 aromatic heterocycles. The van der Waals surface area contributed by atoms with Crippen LogP contribution in [0.2, 0.25) is 0 Å². The number of hydrogen-bond acceptors (Lipinski definition) is 5. The third-order valence-electron chi connectivity index (χ3n) is 2.30. The van der Waals surface area contributed by atoms with Crippen molar-refractivity contribution in [3.8, 4) is 0 Å². The summed E-state index contributed by atoms with van der Waals surface area (Å²) in [6.07, 6.45) is 1.69. The van der Waals surface area contributed by atoms with Crippen molar-refractivity contribution in [2.45, 2.75) is 26.1 Å². The number of aliphatic imine (C=N–C) groups is 3. The molecule has 82 valence electrons. The molecule has 2 aliphatic rings. The van der Waals surface area contributed by atoms with Crippen molar-refractivity contribution < 1.29 is 0 Å². The van der Waals surface area contributed by atoms with Crippen molar-refractivity contribution >= 4 is 29.1 Å². The Morgan fingerprint density at radius 3 is 3.00 bits per heavy atom. The lowest BCUT2D eigenvalue weighted by Crippen LogP contribution is -2.43. The van der Waals surface area contributed by atoms with E-state index in [2.05, 4.69) is 33.7 Å². The number of nitrogens with zero attached hydrogens (tertiary/aromatic N) is 4. The van der Waals surface area contributed by atoms with Gasteiger partial charge >= 0.3 is 0 Å². The van der Waals surface area contributed by atoms with Gasteiger partial charge in [0.1, 0.15) is 11.2 Å². The molecule has 0 radical (unpaired) electrons. The number of rotatable bonds is 2. The van der Waals surface area contributed by atoms with Crippen molar-refractivity contribution in [2.24, 2.45) is 26.6 Å². The van der Waals surface area contributed by atoms with E-state index in [0.717, 1.165) is 6.54 Å². The van der Waals surface area contributed by atoms with E-state index in [9.17, 15) is 0 Å². The number of fused-ring (bicyclic) bond motifs is 1. The minimum absolute atomic E-state index is 0.0996. The second kappa shape index (κ2) is 3.81. The van der Waals surface area contributed by atoms with Crippen molar-refractivity contribution in [2.75, 3.05) is 6.54 Å². The molecule has 2 rings (SSSR count). The normalized spacial score (nSPS) is 29.2. The maximum Gasteiger partial charge on any atom is 0.218 e. The maximum atomic E-state index is 5.96. The van der Waals surface area contributed by atoms with Gasteiger partial charge < -0.3 is 10.6 Å². The van der Waals surface area contributed by atoms with Gasteiger partial charge in [-0.25, -0.2) is 9.98 Å². The van der Waals surface area contributed by atoms with Crippen molar-refractivity contribution in [1.82, 2.24) is 4.90 Å². The standard InChI is InChI=1S/C9H14ClN5/c1-5(2)3-15-4-12-6-7(10)13-9(11)14-8(6)15/h4-6,8H,3H2,1-2H3,(H2,11,14). The molecule has 0 saturated carbocycles. The van der Waals surface area contributed by atoms with Gasteiger partial charge in [-0.2, -0.15) is 0 Å². The monoisotopic (exact) mass is 227 g/mol. The highest BCUT2D eigenvalue weighted by Crippen LogP contribution is 2.22. The summed E-state index contributed by atoms with van der Waals surface area (Å²) in [6.45, 7) is 5.19. The molecule has 2 atom stereocenters. The van der Waals surface area contributed by atoms with Gasteiger partial charge in [-0.15, -0.1) is 0 Å². The van der Waals surface area contributed by atoms with Crippen LogP contribution in [0.5, 0.6) is 0 Å². The third kappa shape index (κ3) is 1.97. The fourth-order valence-electron chi connectivity index (χ4n) is 1.73. The number of nitrogens with two attached hydrogens (primary N) is 1. The van der Waals surface area contributed by atoms with Crippen LogP contribution in [0.4, 0.5) is 0 Å². The summed E-state index contributed by atoms with van der Waals surface area (Å²) in [4.78, 5) is 14.5. The number of hydrogen-bond donors (Lipinski definition) is 1. The quantitative estimate of drug-likeness (QED) is 0.753. The second-order valence-corrected chi connectivity index (χ2v) is 4.52. The first-order chi connectivity index (χ1) is 7.08. The van der Waals surface area contributed by atoms with E-state index in [-0.39, 0.29) is 18.2 Å². The topological polar surface area (TPSA) is 66.3 Å². The summed E-state index contributed by atoms with van der Waals surface area (Å²) in [5.74, 6) is 0.782. The Hall–Kier alpha value is -1.10. The van der Waals surface area contributed by atoms with Gasteiger partial charge in [0.2, 0.25) is 5.96 Å². The molecule has 2 heterocycles. The molecule has 0 aromatic carbocycles. The SMILES string of the molecule is CC(C)CN1C=NC2C(Cl)=NC(N)=NC21. The van der Waals surface area contributed by atoms with Crippen LogP contribution in [0.1, 0.15) is 13.8 Å². The van der Waals surface area contributed by atoms with Crippen LogP contribution in [0.3, 0.4) is 0 Å². The van der Waals surface area contributed by atoms with Crippen LogP contribution in [-0.4, -0.2) is 41.1 Å². The maximum absolute atomic E-state index is 5.96. The summed E-state index contributed by atoms with van der Waals surface area (Å²) in [5.41, 5.74) is 5.57. The molecule has 0 aromatic rings. The summed E-state index contributed by atoms with van der Waals surface area (Å²) < 4.78 is 0. The Balaban J connectivity index is 2.16. The van der Waals surface area contributed by atoms with Gasteiger partial charge in [0, 0.05) is 6.54 Å². The van der Waals surface area contributed by atoms with E-state index in [0.29, 0.717) is 11.1 Å². The molecule has 0 bridgehead atoms. The zero-order chi connectivity index (χ0) is 11.0. The van der Waals surface area contributed by atoms with Gasteiger partial charge in [0.15, 0.2) is 6.17 Å². The molecule has 2 N–H and O–H groups in total. The highest BCUT2D eigenvalue weighted by Gasteiger charge is 2.36. The predicted molar refractivity (Wildman–Crippen MR) is 62.5 cm³/mol. The molecule has 0 spiro atoms. The van der Waals surface area contributed by atoms with Crippen LogP contribution >= 0.6 is 11.6 Å². The Morgan fingerprint density at radius 1 is 1.60 bits per heavy atom. The van der Waals surface area contributed by atoms with Crippen molar-refractivity contribution in [1.29, 1.82) is 0 Å². The molecule has 2 aliphatic heterocycles. The molecule has 0 saturated heterocycles. The minimum Gasteiger partial charge on any atom is -0.368 e. The first kappa shape index (κ1) is 10.4. The van der Waals surface area contributed by atoms with E-state index in [4.69, 9.17) is 17.3 Å². The van der Waals surface area contributed by atoms with E-state index >= 15 is 0 Å². The van der Waals surface area contributed by atoms with Crippen LogP contribution < -0.4 is 5.73 Å². The molecule has 0 amide bonds. The molecule has 6 heteroatoms. The molecule has 15 heavy (non-hydrogen) atoms. The Bertz CT molecular complexity index is 346. The number of guanidine groups is 1. The summed E-state index contributed by atoms with van der Waals surface area (Å²) in [6, 6.07) is -0.169. The van der Waals surface area contributed by atoms with E-state index in [1.165, 1.54) is 0 Å². The Labute approximate surface area is 93.7 Å². The number of halogens is 1. The first-order valence-electron chi connectivity index (χ1n) is 4.94. The van der Waals surface area contributed by atoms with Crippen molar-refractivity contribution in [3.05, 3.63) is 0 Å². The lowest BCUT2D eigenvalue weighted by Gasteiger charge is -2.27. The second-order valence-electron chi connectivity index (χ2n) is 4.14. The fraction of sp³-hybridized carbons (Fsp3) is 0.667. The van der Waals surface area contributed by atoms with Crippen LogP contribution in [0.25, 0.3) is 0 Å². The van der Waals surface area contributed by atoms with Gasteiger partial charge in [-0.05, 0) is 5.92 Å². The van der Waals surface area contributed by atoms with E-state index < -0.39 is 0 Å². The zero-order valence-electron chi connectivity index (χ0n) is 8.76. The summed E-state index contributed by atoms with van der Waals surface area (Å²) in [7, 11) is 0. The lowest BCUT2D eigenvalue weighted by molar-refractivity contribution is 0.307. The third-order valence-corrected chi connectivity index (χ3v) is 2.61. The fourth-order valence-corrected chi connectivity index (χ4v) is 1.99. The van der Waals surface area contributed by atoms with E-state index in [1.54, 1.807) is 6.34 Å². The van der Waals surface area contributed by atoms with Gasteiger partial charge in [-0.1, -0.05) is 25.4 Å². The van der Waals surface area contributed by atoms with Crippen LogP contribution in [0.15, 0.2) is 15.0 Å².